The van der Waals surface area contributed by atoms with Gasteiger partial charge in [0.15, 0.2) is 0 Å². The van der Waals surface area contributed by atoms with Crippen LogP contribution >= 0.6 is 0 Å². The average Bonchev–Trinajstić information content (AvgIpc) is 2.44. The molecule has 0 aliphatic carbocycles. The summed E-state index contributed by atoms with van der Waals surface area (Å²) in [5.74, 6) is -0.242. The number of amides is 1. The van der Waals surface area contributed by atoms with Gasteiger partial charge in [-0.25, -0.2) is 0 Å². The van der Waals surface area contributed by atoms with E-state index in [4.69, 9.17) is 0 Å². The van der Waals surface area contributed by atoms with Crippen molar-refractivity contribution in [2.45, 2.75) is 39.9 Å². The molecular weight excluding hydrogens is 247 g/mol. The van der Waals surface area contributed by atoms with E-state index in [1.54, 1.807) is 0 Å². The molecule has 102 valence electrons. The van der Waals surface area contributed by atoms with Crippen LogP contribution < -0.4 is 5.32 Å². The molecule has 1 N–H and O–H groups in total. The van der Waals surface area contributed by atoms with Gasteiger partial charge >= 0.3 is 6.18 Å². The topological polar surface area (TPSA) is 46.9 Å². The minimum absolute atomic E-state index is 0.175. The largest absolute Gasteiger partial charge is 0.408 e. The van der Waals surface area contributed by atoms with Crippen LogP contribution in [-0.2, 0) is 11.3 Å². The fourth-order valence-electron chi connectivity index (χ4n) is 1.39. The molecule has 0 fully saturated rings. The Kier molecular flexibility index (Phi) is 4.03. The molecule has 7 heteroatoms. The van der Waals surface area contributed by atoms with E-state index in [0.717, 1.165) is 10.9 Å². The molecule has 1 aromatic rings. The Morgan fingerprint density at radius 3 is 2.50 bits per heavy atom. The Morgan fingerprint density at radius 2 is 2.00 bits per heavy atom. The van der Waals surface area contributed by atoms with Crippen molar-refractivity contribution in [3.8, 4) is 0 Å². The van der Waals surface area contributed by atoms with E-state index in [1.807, 2.05) is 20.8 Å². The lowest BCUT2D eigenvalue weighted by atomic mass is 9.92. The van der Waals surface area contributed by atoms with Crippen molar-refractivity contribution in [3.05, 3.63) is 12.4 Å². The van der Waals surface area contributed by atoms with Gasteiger partial charge in [-0.3, -0.25) is 9.48 Å². The fraction of sp³-hybridized carbons (Fsp3) is 0.636. The Hall–Kier alpha value is -1.53. The van der Waals surface area contributed by atoms with Gasteiger partial charge in [0, 0.05) is 12.6 Å². The minimum atomic E-state index is -4.32. The number of carbonyl (C=O) groups is 1. The number of hydrogen-bond acceptors (Lipinski definition) is 2. The third-order valence-electron chi connectivity index (χ3n) is 1.95. The first kappa shape index (κ1) is 14.5. The van der Waals surface area contributed by atoms with E-state index >= 15 is 0 Å². The summed E-state index contributed by atoms with van der Waals surface area (Å²) >= 11 is 0. The molecule has 18 heavy (non-hydrogen) atoms. The van der Waals surface area contributed by atoms with Gasteiger partial charge in [0.2, 0.25) is 5.91 Å². The predicted octanol–water partition coefficient (Wildman–Crippen LogP) is 2.82. The number of aromatic nitrogens is 2. The molecule has 0 atom stereocenters. The van der Waals surface area contributed by atoms with E-state index in [0.29, 0.717) is 0 Å². The summed E-state index contributed by atoms with van der Waals surface area (Å²) in [5, 5.41) is 6.05. The van der Waals surface area contributed by atoms with Crippen LogP contribution in [0.3, 0.4) is 0 Å². The van der Waals surface area contributed by atoms with E-state index in [1.165, 1.54) is 6.20 Å². The molecule has 1 heterocycles. The smallest absolute Gasteiger partial charge is 0.323 e. The lowest BCUT2D eigenvalue weighted by molar-refractivity contribution is -0.142. The van der Waals surface area contributed by atoms with Crippen LogP contribution in [0.5, 0.6) is 0 Å². The summed E-state index contributed by atoms with van der Waals surface area (Å²) in [4.78, 5) is 11.6. The summed E-state index contributed by atoms with van der Waals surface area (Å²) in [6.07, 6.45) is -1.67. The van der Waals surface area contributed by atoms with Gasteiger partial charge < -0.3 is 5.32 Å². The molecule has 1 aromatic heterocycles. The number of carbonyl (C=O) groups excluding carboxylic acids is 1. The molecule has 0 bridgehead atoms. The SMILES string of the molecule is CC(C)(C)CC(=O)Nc1cnn(CC(F)(F)F)c1. The molecule has 0 radical (unpaired) electrons. The third-order valence-corrected chi connectivity index (χ3v) is 1.95. The zero-order chi connectivity index (χ0) is 14.0. The molecule has 0 aliphatic heterocycles. The molecule has 0 saturated heterocycles. The van der Waals surface area contributed by atoms with Crippen molar-refractivity contribution in [1.82, 2.24) is 9.78 Å². The highest BCUT2D eigenvalue weighted by Gasteiger charge is 2.28. The first-order valence-electron chi connectivity index (χ1n) is 5.44. The Bertz CT molecular complexity index is 418. The normalized spacial score (nSPS) is 12.6. The molecule has 1 rings (SSSR count). The number of anilines is 1. The summed E-state index contributed by atoms with van der Waals surface area (Å²) in [7, 11) is 0. The average molecular weight is 263 g/mol. The number of nitrogens with zero attached hydrogens (tertiary/aromatic N) is 2. The monoisotopic (exact) mass is 263 g/mol. The summed E-state index contributed by atoms with van der Waals surface area (Å²) in [6, 6.07) is 0. The first-order valence-corrected chi connectivity index (χ1v) is 5.44. The highest BCUT2D eigenvalue weighted by atomic mass is 19.4. The second-order valence-electron chi connectivity index (χ2n) is 5.33. The maximum atomic E-state index is 12.1. The van der Waals surface area contributed by atoms with E-state index in [-0.39, 0.29) is 23.4 Å². The van der Waals surface area contributed by atoms with Crippen molar-refractivity contribution in [3.63, 3.8) is 0 Å². The predicted molar refractivity (Wildman–Crippen MR) is 61.0 cm³/mol. The highest BCUT2D eigenvalue weighted by molar-refractivity contribution is 5.90. The molecule has 1 amide bonds. The second kappa shape index (κ2) is 4.99. The zero-order valence-corrected chi connectivity index (χ0v) is 10.5. The number of halogens is 3. The van der Waals surface area contributed by atoms with Crippen molar-refractivity contribution < 1.29 is 18.0 Å². The van der Waals surface area contributed by atoms with Gasteiger partial charge in [0.05, 0.1) is 11.9 Å². The van der Waals surface area contributed by atoms with Gasteiger partial charge in [-0.15, -0.1) is 0 Å². The van der Waals surface area contributed by atoms with Gasteiger partial charge in [-0.2, -0.15) is 18.3 Å². The van der Waals surface area contributed by atoms with E-state index < -0.39 is 12.7 Å². The molecule has 0 unspecified atom stereocenters. The van der Waals surface area contributed by atoms with Crippen LogP contribution in [0.2, 0.25) is 0 Å². The van der Waals surface area contributed by atoms with Gasteiger partial charge in [0.1, 0.15) is 6.54 Å². The lowest BCUT2D eigenvalue weighted by Crippen LogP contribution is -2.19. The molecule has 4 nitrogen and oxygen atoms in total. The van der Waals surface area contributed by atoms with Crippen LogP contribution in [0.15, 0.2) is 12.4 Å². The second-order valence-corrected chi connectivity index (χ2v) is 5.33. The van der Waals surface area contributed by atoms with E-state index in [9.17, 15) is 18.0 Å². The number of rotatable bonds is 3. The minimum Gasteiger partial charge on any atom is -0.323 e. The van der Waals surface area contributed by atoms with Crippen LogP contribution in [0, 0.1) is 5.41 Å². The molecule has 0 aliphatic rings. The van der Waals surface area contributed by atoms with Crippen molar-refractivity contribution in [2.75, 3.05) is 5.32 Å². The summed E-state index contributed by atoms with van der Waals surface area (Å²) < 4.78 is 37.0. The standard InChI is InChI=1S/C11H16F3N3O/c1-10(2,3)4-9(18)16-8-5-15-17(6-8)7-11(12,13)14/h5-6H,4,7H2,1-3H3,(H,16,18). The van der Waals surface area contributed by atoms with Crippen LogP contribution in [0.1, 0.15) is 27.2 Å². The van der Waals surface area contributed by atoms with Crippen molar-refractivity contribution >= 4 is 11.6 Å². The quantitative estimate of drug-likeness (QED) is 0.911. The van der Waals surface area contributed by atoms with Gasteiger partial charge in [-0.1, -0.05) is 20.8 Å². The van der Waals surface area contributed by atoms with Crippen LogP contribution in [0.25, 0.3) is 0 Å². The maximum Gasteiger partial charge on any atom is 0.408 e. The van der Waals surface area contributed by atoms with Crippen molar-refractivity contribution in [1.29, 1.82) is 0 Å². The van der Waals surface area contributed by atoms with Crippen LogP contribution in [0.4, 0.5) is 18.9 Å². The molecule has 0 spiro atoms. The lowest BCUT2D eigenvalue weighted by Gasteiger charge is -2.16. The molecule has 0 aromatic carbocycles. The first-order chi connectivity index (χ1) is 8.05. The number of alkyl halides is 3. The fourth-order valence-corrected chi connectivity index (χ4v) is 1.39. The van der Waals surface area contributed by atoms with E-state index in [2.05, 4.69) is 10.4 Å². The van der Waals surface area contributed by atoms with Gasteiger partial charge in [0.25, 0.3) is 0 Å². The third kappa shape index (κ3) is 5.70. The van der Waals surface area contributed by atoms with Gasteiger partial charge in [-0.05, 0) is 5.41 Å². The van der Waals surface area contributed by atoms with Crippen LogP contribution in [-0.4, -0.2) is 21.9 Å². The maximum absolute atomic E-state index is 12.1. The molecular formula is C11H16F3N3O. The number of hydrogen-bond donors (Lipinski definition) is 1. The Labute approximate surface area is 103 Å². The van der Waals surface area contributed by atoms with Crippen molar-refractivity contribution in [2.24, 2.45) is 5.41 Å². The summed E-state index contributed by atoms with van der Waals surface area (Å²) in [5.41, 5.74) is 0.0972. The Balaban J connectivity index is 2.57. The number of nitrogens with one attached hydrogen (secondary N) is 1. The summed E-state index contributed by atoms with van der Waals surface area (Å²) in [6.45, 7) is 4.54. The zero-order valence-electron chi connectivity index (χ0n) is 10.5. The Morgan fingerprint density at radius 1 is 1.39 bits per heavy atom. The highest BCUT2D eigenvalue weighted by Crippen LogP contribution is 2.20. The molecule has 0 saturated carbocycles.